The van der Waals surface area contributed by atoms with Crippen LogP contribution in [0.4, 0.5) is 10.5 Å². The number of rotatable bonds is 5. The van der Waals surface area contributed by atoms with Crippen molar-refractivity contribution >= 4 is 17.5 Å². The van der Waals surface area contributed by atoms with Gasteiger partial charge < -0.3 is 15.7 Å². The molecule has 0 fully saturated rings. The van der Waals surface area contributed by atoms with Gasteiger partial charge in [-0.2, -0.15) is 0 Å². The van der Waals surface area contributed by atoms with Gasteiger partial charge in [-0.15, -0.1) is 0 Å². The molecule has 22 heavy (non-hydrogen) atoms. The lowest BCUT2D eigenvalue weighted by molar-refractivity contribution is 0.0983. The van der Waals surface area contributed by atoms with E-state index in [9.17, 15) is 14.7 Å². The molecule has 0 aromatic heterocycles. The van der Waals surface area contributed by atoms with E-state index in [-0.39, 0.29) is 24.5 Å². The van der Waals surface area contributed by atoms with Crippen LogP contribution in [-0.2, 0) is 0 Å². The first-order valence-corrected chi connectivity index (χ1v) is 6.98. The first-order chi connectivity index (χ1) is 10.5. The number of carbonyl (C=O) groups excluding carboxylic acids is 2. The van der Waals surface area contributed by atoms with Crippen LogP contribution in [0.5, 0.6) is 5.75 Å². The molecule has 0 heterocycles. The molecule has 0 atom stereocenters. The second-order valence-corrected chi connectivity index (χ2v) is 4.97. The number of ketones is 1. The summed E-state index contributed by atoms with van der Waals surface area (Å²) < 4.78 is 0. The Balaban J connectivity index is 1.77. The van der Waals surface area contributed by atoms with E-state index < -0.39 is 6.03 Å². The van der Waals surface area contributed by atoms with E-state index in [0.717, 1.165) is 5.56 Å². The Labute approximate surface area is 129 Å². The lowest BCUT2D eigenvalue weighted by Gasteiger charge is -2.07. The number of phenols is 1. The zero-order valence-corrected chi connectivity index (χ0v) is 12.3. The Morgan fingerprint density at radius 1 is 1.09 bits per heavy atom. The molecule has 0 radical (unpaired) electrons. The summed E-state index contributed by atoms with van der Waals surface area (Å²) in [7, 11) is 0. The number of benzene rings is 2. The standard InChI is InChI=1S/C17H18N2O3/c1-12-5-7-13(8-6-12)16(21)9-10-18-17(22)19-14-3-2-4-15(20)11-14/h2-8,11,20H,9-10H2,1H3,(H2,18,19,22). The van der Waals surface area contributed by atoms with E-state index in [2.05, 4.69) is 10.6 Å². The number of nitrogens with one attached hydrogen (secondary N) is 2. The van der Waals surface area contributed by atoms with Crippen LogP contribution < -0.4 is 10.6 Å². The van der Waals surface area contributed by atoms with E-state index in [1.54, 1.807) is 24.3 Å². The van der Waals surface area contributed by atoms with Crippen LogP contribution in [0.1, 0.15) is 22.3 Å². The Hall–Kier alpha value is -2.82. The largest absolute Gasteiger partial charge is 0.508 e. The van der Waals surface area contributed by atoms with Gasteiger partial charge in [-0.05, 0) is 19.1 Å². The van der Waals surface area contributed by atoms with Crippen molar-refractivity contribution in [3.05, 3.63) is 59.7 Å². The molecular formula is C17H18N2O3. The highest BCUT2D eigenvalue weighted by atomic mass is 16.3. The van der Waals surface area contributed by atoms with Crippen molar-refractivity contribution in [2.45, 2.75) is 13.3 Å². The van der Waals surface area contributed by atoms with Crippen molar-refractivity contribution in [3.63, 3.8) is 0 Å². The fourth-order valence-corrected chi connectivity index (χ4v) is 1.93. The van der Waals surface area contributed by atoms with E-state index >= 15 is 0 Å². The van der Waals surface area contributed by atoms with Gasteiger partial charge in [-0.3, -0.25) is 4.79 Å². The van der Waals surface area contributed by atoms with Gasteiger partial charge in [-0.25, -0.2) is 4.79 Å². The quantitative estimate of drug-likeness (QED) is 0.742. The van der Waals surface area contributed by atoms with Gasteiger partial charge in [0.1, 0.15) is 5.75 Å². The molecule has 0 aliphatic carbocycles. The molecule has 2 rings (SSSR count). The summed E-state index contributed by atoms with van der Waals surface area (Å²) in [6.45, 7) is 2.21. The summed E-state index contributed by atoms with van der Waals surface area (Å²) in [5, 5.41) is 14.5. The normalized spacial score (nSPS) is 10.0. The van der Waals surface area contributed by atoms with Gasteiger partial charge >= 0.3 is 6.03 Å². The maximum Gasteiger partial charge on any atom is 0.319 e. The Kier molecular flexibility index (Phi) is 5.14. The lowest BCUT2D eigenvalue weighted by atomic mass is 10.1. The van der Waals surface area contributed by atoms with Crippen molar-refractivity contribution in [1.29, 1.82) is 0 Å². The van der Waals surface area contributed by atoms with Crippen LogP contribution in [0.2, 0.25) is 0 Å². The minimum absolute atomic E-state index is 0.0161. The first kappa shape index (κ1) is 15.6. The van der Waals surface area contributed by atoms with E-state index in [1.165, 1.54) is 12.1 Å². The fraction of sp³-hybridized carbons (Fsp3) is 0.176. The molecule has 0 spiro atoms. The van der Waals surface area contributed by atoms with Crippen LogP contribution in [0, 0.1) is 6.92 Å². The number of aryl methyl sites for hydroxylation is 1. The maximum absolute atomic E-state index is 11.9. The van der Waals surface area contributed by atoms with Crippen molar-refractivity contribution in [2.24, 2.45) is 0 Å². The second kappa shape index (κ2) is 7.26. The van der Waals surface area contributed by atoms with Gasteiger partial charge in [-0.1, -0.05) is 35.9 Å². The molecule has 114 valence electrons. The number of Topliss-reactive ketones (excluding diaryl/α,β-unsaturated/α-hetero) is 1. The molecule has 2 amide bonds. The molecule has 0 saturated carbocycles. The van der Waals surface area contributed by atoms with Crippen LogP contribution in [0.3, 0.4) is 0 Å². The number of anilines is 1. The Bertz CT molecular complexity index is 666. The molecule has 5 nitrogen and oxygen atoms in total. The van der Waals surface area contributed by atoms with Crippen molar-refractivity contribution in [3.8, 4) is 5.75 Å². The molecule has 0 unspecified atom stereocenters. The number of hydrogen-bond acceptors (Lipinski definition) is 3. The average Bonchev–Trinajstić information content (AvgIpc) is 2.47. The highest BCUT2D eigenvalue weighted by molar-refractivity contribution is 5.96. The monoisotopic (exact) mass is 298 g/mol. The predicted octanol–water partition coefficient (Wildman–Crippen LogP) is 3.10. The number of urea groups is 1. The number of carbonyl (C=O) groups is 2. The molecule has 0 aliphatic heterocycles. The molecule has 3 N–H and O–H groups in total. The summed E-state index contributed by atoms with van der Waals surface area (Å²) in [4.78, 5) is 23.6. The summed E-state index contributed by atoms with van der Waals surface area (Å²) in [6, 6.07) is 13.2. The van der Waals surface area contributed by atoms with Crippen molar-refractivity contribution < 1.29 is 14.7 Å². The topological polar surface area (TPSA) is 78.4 Å². The van der Waals surface area contributed by atoms with E-state index in [1.807, 2.05) is 19.1 Å². The highest BCUT2D eigenvalue weighted by Gasteiger charge is 2.07. The SMILES string of the molecule is Cc1ccc(C(=O)CCNC(=O)Nc2cccc(O)c2)cc1. The van der Waals surface area contributed by atoms with Crippen molar-refractivity contribution in [1.82, 2.24) is 5.32 Å². The predicted molar refractivity (Wildman–Crippen MR) is 85.3 cm³/mol. The third kappa shape index (κ3) is 4.63. The zero-order chi connectivity index (χ0) is 15.9. The number of amides is 2. The third-order valence-electron chi connectivity index (χ3n) is 3.12. The number of phenolic OH excluding ortho intramolecular Hbond substituents is 1. The molecule has 2 aromatic carbocycles. The van der Waals surface area contributed by atoms with Crippen molar-refractivity contribution in [2.75, 3.05) is 11.9 Å². The summed E-state index contributed by atoms with van der Waals surface area (Å²) in [5.74, 6) is 0.0602. The minimum Gasteiger partial charge on any atom is -0.508 e. The number of aromatic hydroxyl groups is 1. The molecular weight excluding hydrogens is 280 g/mol. The summed E-state index contributed by atoms with van der Waals surface area (Å²) in [6.07, 6.45) is 0.233. The third-order valence-corrected chi connectivity index (χ3v) is 3.12. The van der Waals surface area contributed by atoms with Gasteiger partial charge in [0.15, 0.2) is 5.78 Å². The van der Waals surface area contributed by atoms with Crippen LogP contribution in [-0.4, -0.2) is 23.5 Å². The highest BCUT2D eigenvalue weighted by Crippen LogP contribution is 2.14. The van der Waals surface area contributed by atoms with Crippen LogP contribution in [0.25, 0.3) is 0 Å². The van der Waals surface area contributed by atoms with E-state index in [0.29, 0.717) is 11.3 Å². The Morgan fingerprint density at radius 2 is 1.82 bits per heavy atom. The van der Waals surface area contributed by atoms with Gasteiger partial charge in [0.05, 0.1) is 0 Å². The van der Waals surface area contributed by atoms with Gasteiger partial charge in [0, 0.05) is 30.3 Å². The van der Waals surface area contributed by atoms with Crippen LogP contribution in [0.15, 0.2) is 48.5 Å². The van der Waals surface area contributed by atoms with Gasteiger partial charge in [0.2, 0.25) is 0 Å². The number of hydrogen-bond donors (Lipinski definition) is 3. The molecule has 0 aliphatic rings. The average molecular weight is 298 g/mol. The molecule has 0 bridgehead atoms. The summed E-state index contributed by atoms with van der Waals surface area (Å²) in [5.41, 5.74) is 2.23. The smallest absolute Gasteiger partial charge is 0.319 e. The van der Waals surface area contributed by atoms with Crippen LogP contribution >= 0.6 is 0 Å². The zero-order valence-electron chi connectivity index (χ0n) is 12.3. The van der Waals surface area contributed by atoms with E-state index in [4.69, 9.17) is 0 Å². The molecule has 2 aromatic rings. The minimum atomic E-state index is -0.415. The first-order valence-electron chi connectivity index (χ1n) is 6.98. The molecule has 5 heteroatoms. The second-order valence-electron chi connectivity index (χ2n) is 4.97. The maximum atomic E-state index is 11.9. The Morgan fingerprint density at radius 3 is 2.50 bits per heavy atom. The molecule has 0 saturated heterocycles. The van der Waals surface area contributed by atoms with Gasteiger partial charge in [0.25, 0.3) is 0 Å². The lowest BCUT2D eigenvalue weighted by Crippen LogP contribution is -2.30. The summed E-state index contributed by atoms with van der Waals surface area (Å²) >= 11 is 0. The fourth-order valence-electron chi connectivity index (χ4n) is 1.93.